The molecule has 0 fully saturated rings. The normalized spacial score (nSPS) is 11.1. The Kier molecular flexibility index (Phi) is 3.65. The number of hydrogen-bond donors (Lipinski definition) is 1. The lowest BCUT2D eigenvalue weighted by Gasteiger charge is -2.10. The molecule has 0 aliphatic heterocycles. The van der Waals surface area contributed by atoms with Gasteiger partial charge in [0, 0.05) is 24.9 Å². The Morgan fingerprint density at radius 2 is 1.72 bits per heavy atom. The number of imidazole rings is 1. The number of aromatic nitrogens is 3. The fourth-order valence-corrected chi connectivity index (χ4v) is 2.82. The van der Waals surface area contributed by atoms with E-state index in [0.717, 1.165) is 17.7 Å². The predicted molar refractivity (Wildman–Crippen MR) is 90.1 cm³/mol. The predicted octanol–water partition coefficient (Wildman–Crippen LogP) is 4.13. The SMILES string of the molecule is Oc1ncccc1-c1nc2cc(F)c(F)cc2n1Cc1ccccc1. The molecule has 1 N–H and O–H groups in total. The van der Waals surface area contributed by atoms with Crippen molar-refractivity contribution in [1.29, 1.82) is 0 Å². The van der Waals surface area contributed by atoms with Crippen molar-refractivity contribution >= 4 is 11.0 Å². The van der Waals surface area contributed by atoms with Crippen LogP contribution in [-0.4, -0.2) is 19.6 Å². The Labute approximate surface area is 142 Å². The summed E-state index contributed by atoms with van der Waals surface area (Å²) in [7, 11) is 0. The number of aromatic hydroxyl groups is 1. The van der Waals surface area contributed by atoms with E-state index in [4.69, 9.17) is 0 Å². The van der Waals surface area contributed by atoms with Gasteiger partial charge in [-0.1, -0.05) is 30.3 Å². The first kappa shape index (κ1) is 15.3. The van der Waals surface area contributed by atoms with E-state index < -0.39 is 11.6 Å². The molecule has 2 aromatic heterocycles. The molecule has 4 rings (SSSR count). The van der Waals surface area contributed by atoms with Gasteiger partial charge in [0.2, 0.25) is 5.88 Å². The number of rotatable bonds is 3. The van der Waals surface area contributed by atoms with Gasteiger partial charge < -0.3 is 9.67 Å². The first-order chi connectivity index (χ1) is 12.1. The molecule has 0 unspecified atom stereocenters. The zero-order chi connectivity index (χ0) is 17.4. The first-order valence-electron chi connectivity index (χ1n) is 7.67. The highest BCUT2D eigenvalue weighted by atomic mass is 19.2. The summed E-state index contributed by atoms with van der Waals surface area (Å²) in [5.74, 6) is -1.69. The first-order valence-corrected chi connectivity index (χ1v) is 7.67. The lowest BCUT2D eigenvalue weighted by atomic mass is 10.2. The molecule has 0 aliphatic rings. The van der Waals surface area contributed by atoms with Crippen LogP contribution in [0.5, 0.6) is 5.88 Å². The summed E-state index contributed by atoms with van der Waals surface area (Å²) in [6.45, 7) is 0.395. The molecule has 4 nitrogen and oxygen atoms in total. The van der Waals surface area contributed by atoms with Gasteiger partial charge in [0.05, 0.1) is 16.6 Å². The van der Waals surface area contributed by atoms with Crippen molar-refractivity contribution < 1.29 is 13.9 Å². The summed E-state index contributed by atoms with van der Waals surface area (Å²) in [4.78, 5) is 8.26. The zero-order valence-corrected chi connectivity index (χ0v) is 13.0. The molecule has 6 heteroatoms. The molecule has 0 bridgehead atoms. The molecular formula is C19H13F2N3O. The summed E-state index contributed by atoms with van der Waals surface area (Å²) in [6, 6.07) is 15.1. The van der Waals surface area contributed by atoms with Gasteiger partial charge in [0.25, 0.3) is 0 Å². The average Bonchev–Trinajstić information content (AvgIpc) is 2.94. The summed E-state index contributed by atoms with van der Waals surface area (Å²) >= 11 is 0. The molecule has 0 saturated carbocycles. The van der Waals surface area contributed by atoms with E-state index in [0.29, 0.717) is 29.0 Å². The van der Waals surface area contributed by atoms with Crippen molar-refractivity contribution in [3.63, 3.8) is 0 Å². The van der Waals surface area contributed by atoms with E-state index in [1.807, 2.05) is 30.3 Å². The van der Waals surface area contributed by atoms with Crippen LogP contribution in [0.2, 0.25) is 0 Å². The van der Waals surface area contributed by atoms with Gasteiger partial charge in [-0.2, -0.15) is 0 Å². The van der Waals surface area contributed by atoms with Gasteiger partial charge >= 0.3 is 0 Å². The summed E-state index contributed by atoms with van der Waals surface area (Å²) in [5.41, 5.74) is 2.13. The van der Waals surface area contributed by atoms with Gasteiger partial charge in [-0.05, 0) is 17.7 Å². The average molecular weight is 337 g/mol. The third-order valence-electron chi connectivity index (χ3n) is 4.00. The number of halogens is 2. The van der Waals surface area contributed by atoms with Gasteiger partial charge in [-0.3, -0.25) is 0 Å². The van der Waals surface area contributed by atoms with Crippen LogP contribution in [-0.2, 0) is 6.54 Å². The van der Waals surface area contributed by atoms with Crippen LogP contribution in [0.1, 0.15) is 5.56 Å². The molecule has 0 spiro atoms. The second-order valence-electron chi connectivity index (χ2n) is 5.64. The smallest absolute Gasteiger partial charge is 0.222 e. The Morgan fingerprint density at radius 1 is 0.960 bits per heavy atom. The van der Waals surface area contributed by atoms with Crippen molar-refractivity contribution in [3.8, 4) is 17.3 Å². The minimum atomic E-state index is -0.959. The zero-order valence-electron chi connectivity index (χ0n) is 13.0. The third kappa shape index (κ3) is 2.71. The number of nitrogens with zero attached hydrogens (tertiary/aromatic N) is 3. The van der Waals surface area contributed by atoms with Crippen LogP contribution < -0.4 is 0 Å². The van der Waals surface area contributed by atoms with E-state index in [9.17, 15) is 13.9 Å². The highest BCUT2D eigenvalue weighted by molar-refractivity contribution is 5.82. The van der Waals surface area contributed by atoms with Gasteiger partial charge in [0.1, 0.15) is 5.82 Å². The molecule has 124 valence electrons. The molecule has 4 aromatic rings. The maximum atomic E-state index is 13.8. The van der Waals surface area contributed by atoms with Crippen molar-refractivity contribution in [2.24, 2.45) is 0 Å². The molecule has 25 heavy (non-hydrogen) atoms. The monoisotopic (exact) mass is 337 g/mol. The van der Waals surface area contributed by atoms with Crippen molar-refractivity contribution in [2.45, 2.75) is 6.54 Å². The summed E-state index contributed by atoms with van der Waals surface area (Å²) < 4.78 is 29.1. The largest absolute Gasteiger partial charge is 0.493 e. The van der Waals surface area contributed by atoms with E-state index in [-0.39, 0.29) is 5.88 Å². The Hall–Kier alpha value is -3.28. The van der Waals surface area contributed by atoms with Crippen molar-refractivity contribution in [1.82, 2.24) is 14.5 Å². The lowest BCUT2D eigenvalue weighted by Crippen LogP contribution is -2.03. The standard InChI is InChI=1S/C19H13F2N3O/c20-14-9-16-17(10-15(14)21)24(11-12-5-2-1-3-6-12)18(23-16)13-7-4-8-22-19(13)25/h1-10H,11H2,(H,22,25). The maximum absolute atomic E-state index is 13.8. The van der Waals surface area contributed by atoms with Gasteiger partial charge in [-0.25, -0.2) is 18.7 Å². The fourth-order valence-electron chi connectivity index (χ4n) is 2.82. The van der Waals surface area contributed by atoms with E-state index in [1.165, 1.54) is 6.20 Å². The van der Waals surface area contributed by atoms with Crippen LogP contribution in [0.4, 0.5) is 8.78 Å². The highest BCUT2D eigenvalue weighted by Gasteiger charge is 2.18. The van der Waals surface area contributed by atoms with Crippen LogP contribution in [0.15, 0.2) is 60.8 Å². The van der Waals surface area contributed by atoms with Gasteiger partial charge in [-0.15, -0.1) is 0 Å². The molecule has 0 radical (unpaired) electrons. The minimum absolute atomic E-state index is 0.187. The molecule has 0 atom stereocenters. The van der Waals surface area contributed by atoms with Crippen LogP contribution >= 0.6 is 0 Å². The summed E-state index contributed by atoms with van der Waals surface area (Å²) in [6.07, 6.45) is 1.46. The molecular weight excluding hydrogens is 324 g/mol. The van der Waals surface area contributed by atoms with Crippen LogP contribution in [0.25, 0.3) is 22.4 Å². The number of benzene rings is 2. The highest BCUT2D eigenvalue weighted by Crippen LogP contribution is 2.31. The second kappa shape index (κ2) is 5.98. The van der Waals surface area contributed by atoms with Crippen LogP contribution in [0.3, 0.4) is 0 Å². The minimum Gasteiger partial charge on any atom is -0.493 e. The topological polar surface area (TPSA) is 50.9 Å². The molecule has 2 heterocycles. The quantitative estimate of drug-likeness (QED) is 0.611. The number of fused-ring (bicyclic) bond motifs is 1. The molecule has 0 saturated heterocycles. The van der Waals surface area contributed by atoms with Crippen molar-refractivity contribution in [3.05, 3.63) is 78.0 Å². The van der Waals surface area contributed by atoms with Crippen molar-refractivity contribution in [2.75, 3.05) is 0 Å². The van der Waals surface area contributed by atoms with E-state index >= 15 is 0 Å². The fraction of sp³-hybridized carbons (Fsp3) is 0.0526. The summed E-state index contributed by atoms with van der Waals surface area (Å²) in [5, 5.41) is 10.1. The van der Waals surface area contributed by atoms with Gasteiger partial charge in [0.15, 0.2) is 11.6 Å². The number of pyridine rings is 1. The third-order valence-corrected chi connectivity index (χ3v) is 4.00. The molecule has 0 amide bonds. The van der Waals surface area contributed by atoms with E-state index in [1.54, 1.807) is 16.7 Å². The van der Waals surface area contributed by atoms with Crippen LogP contribution in [0, 0.1) is 11.6 Å². The lowest BCUT2D eigenvalue weighted by molar-refractivity contribution is 0.455. The van der Waals surface area contributed by atoms with E-state index in [2.05, 4.69) is 9.97 Å². The second-order valence-corrected chi connectivity index (χ2v) is 5.64. The molecule has 0 aliphatic carbocycles. The Bertz CT molecular complexity index is 1060. The maximum Gasteiger partial charge on any atom is 0.222 e. The Balaban J connectivity index is 1.98. The Morgan fingerprint density at radius 3 is 2.48 bits per heavy atom. The number of hydrogen-bond acceptors (Lipinski definition) is 3. The molecule has 2 aromatic carbocycles.